The lowest BCUT2D eigenvalue weighted by atomic mass is 10.1. The zero-order chi connectivity index (χ0) is 8.97. The lowest BCUT2D eigenvalue weighted by Gasteiger charge is -2.06. The van der Waals surface area contributed by atoms with Crippen LogP contribution in [0.25, 0.3) is 0 Å². The quantitative estimate of drug-likeness (QED) is 0.839. The first-order chi connectivity index (χ1) is 5.74. The maximum atomic E-state index is 8.41. The van der Waals surface area contributed by atoms with Crippen LogP contribution in [0.15, 0.2) is 28.7 Å². The molecule has 0 heterocycles. The predicted molar refractivity (Wildman–Crippen MR) is 51.3 cm³/mol. The van der Waals surface area contributed by atoms with Crippen LogP contribution in [-0.2, 0) is 0 Å². The van der Waals surface area contributed by atoms with Gasteiger partial charge in [0.2, 0.25) is 0 Å². The van der Waals surface area contributed by atoms with Crippen molar-refractivity contribution in [1.82, 2.24) is 0 Å². The lowest BCUT2D eigenvalue weighted by Crippen LogP contribution is -2.08. The van der Waals surface area contributed by atoms with E-state index in [1.165, 1.54) is 0 Å². The Labute approximate surface area is 80.1 Å². The van der Waals surface area contributed by atoms with Crippen LogP contribution in [0.2, 0.25) is 0 Å². The maximum absolute atomic E-state index is 8.41. The molecule has 1 aromatic carbocycles. The molecule has 0 fully saturated rings. The first-order valence-corrected chi connectivity index (χ1v) is 4.41. The molecule has 0 saturated heterocycles. The highest BCUT2D eigenvalue weighted by atomic mass is 79.9. The summed E-state index contributed by atoms with van der Waals surface area (Å²) >= 11 is 3.33. The second-order valence-corrected chi connectivity index (χ2v) is 3.44. The molecule has 12 heavy (non-hydrogen) atoms. The van der Waals surface area contributed by atoms with Gasteiger partial charge in [-0.2, -0.15) is 5.26 Å². The van der Waals surface area contributed by atoms with Crippen molar-refractivity contribution in [2.45, 2.75) is 12.5 Å². The number of rotatable bonds is 2. The van der Waals surface area contributed by atoms with E-state index in [-0.39, 0.29) is 6.04 Å². The van der Waals surface area contributed by atoms with Gasteiger partial charge in [0.25, 0.3) is 0 Å². The Hall–Kier alpha value is -0.850. The lowest BCUT2D eigenvalue weighted by molar-refractivity contribution is 0.748. The Morgan fingerprint density at radius 2 is 2.00 bits per heavy atom. The van der Waals surface area contributed by atoms with E-state index < -0.39 is 0 Å². The number of nitriles is 1. The molecule has 0 unspecified atom stereocenters. The van der Waals surface area contributed by atoms with Gasteiger partial charge in [-0.25, -0.2) is 0 Å². The summed E-state index contributed by atoms with van der Waals surface area (Å²) in [5.74, 6) is 0. The van der Waals surface area contributed by atoms with Crippen LogP contribution in [0.1, 0.15) is 18.0 Å². The van der Waals surface area contributed by atoms with Gasteiger partial charge in [-0.05, 0) is 17.7 Å². The topological polar surface area (TPSA) is 49.8 Å². The highest BCUT2D eigenvalue weighted by molar-refractivity contribution is 9.10. The minimum atomic E-state index is -0.164. The highest BCUT2D eigenvalue weighted by Gasteiger charge is 2.03. The zero-order valence-electron chi connectivity index (χ0n) is 6.50. The average Bonchev–Trinajstić information content (AvgIpc) is 2.06. The minimum absolute atomic E-state index is 0.164. The molecule has 0 bridgehead atoms. The molecule has 2 nitrogen and oxygen atoms in total. The summed E-state index contributed by atoms with van der Waals surface area (Å²) < 4.78 is 1.02. The van der Waals surface area contributed by atoms with E-state index in [4.69, 9.17) is 11.0 Å². The van der Waals surface area contributed by atoms with Gasteiger partial charge in [0.1, 0.15) is 0 Å². The number of nitrogens with two attached hydrogens (primary N) is 1. The Balaban J connectivity index is 2.76. The first kappa shape index (κ1) is 9.24. The van der Waals surface area contributed by atoms with Crippen LogP contribution in [0.4, 0.5) is 0 Å². The molecule has 0 amide bonds. The van der Waals surface area contributed by atoms with Crippen LogP contribution in [-0.4, -0.2) is 0 Å². The maximum Gasteiger partial charge on any atom is 0.0641 e. The van der Waals surface area contributed by atoms with Crippen LogP contribution in [0.3, 0.4) is 0 Å². The number of hydrogen-bond donors (Lipinski definition) is 1. The third-order valence-electron chi connectivity index (χ3n) is 1.61. The number of nitrogens with zero attached hydrogens (tertiary/aromatic N) is 1. The van der Waals surface area contributed by atoms with Gasteiger partial charge in [-0.1, -0.05) is 28.1 Å². The Morgan fingerprint density at radius 3 is 2.50 bits per heavy atom. The molecule has 0 spiro atoms. The Morgan fingerprint density at radius 1 is 1.42 bits per heavy atom. The van der Waals surface area contributed by atoms with E-state index in [1.54, 1.807) is 0 Å². The summed E-state index contributed by atoms with van der Waals surface area (Å²) in [7, 11) is 0. The normalized spacial score (nSPS) is 12.1. The zero-order valence-corrected chi connectivity index (χ0v) is 8.08. The average molecular weight is 225 g/mol. The van der Waals surface area contributed by atoms with E-state index in [2.05, 4.69) is 15.9 Å². The smallest absolute Gasteiger partial charge is 0.0641 e. The van der Waals surface area contributed by atoms with Gasteiger partial charge in [0, 0.05) is 10.5 Å². The van der Waals surface area contributed by atoms with Gasteiger partial charge in [-0.3, -0.25) is 0 Å². The second kappa shape index (κ2) is 4.24. The third-order valence-corrected chi connectivity index (χ3v) is 2.14. The van der Waals surface area contributed by atoms with Gasteiger partial charge in [0.05, 0.1) is 12.5 Å². The molecule has 0 saturated carbocycles. The fourth-order valence-electron chi connectivity index (χ4n) is 0.926. The van der Waals surface area contributed by atoms with E-state index in [1.807, 2.05) is 30.3 Å². The fourth-order valence-corrected chi connectivity index (χ4v) is 1.19. The first-order valence-electron chi connectivity index (χ1n) is 3.62. The summed E-state index contributed by atoms with van der Waals surface area (Å²) in [5.41, 5.74) is 6.72. The molecule has 0 aliphatic carbocycles. The summed E-state index contributed by atoms with van der Waals surface area (Å²) in [6.45, 7) is 0. The molecular weight excluding hydrogens is 216 g/mol. The number of halogens is 1. The molecule has 0 aliphatic heterocycles. The van der Waals surface area contributed by atoms with Crippen molar-refractivity contribution in [3.63, 3.8) is 0 Å². The van der Waals surface area contributed by atoms with E-state index in [9.17, 15) is 0 Å². The van der Waals surface area contributed by atoms with Crippen molar-refractivity contribution in [2.75, 3.05) is 0 Å². The monoisotopic (exact) mass is 224 g/mol. The van der Waals surface area contributed by atoms with Crippen molar-refractivity contribution in [3.05, 3.63) is 34.3 Å². The second-order valence-electron chi connectivity index (χ2n) is 2.52. The van der Waals surface area contributed by atoms with Crippen molar-refractivity contribution < 1.29 is 0 Å². The molecule has 0 aromatic heterocycles. The van der Waals surface area contributed by atoms with Crippen molar-refractivity contribution in [1.29, 1.82) is 5.26 Å². The summed E-state index contributed by atoms with van der Waals surface area (Å²) in [6.07, 6.45) is 0.363. The summed E-state index contributed by atoms with van der Waals surface area (Å²) in [4.78, 5) is 0. The van der Waals surface area contributed by atoms with Gasteiger partial charge < -0.3 is 5.73 Å². The molecule has 0 radical (unpaired) electrons. The highest BCUT2D eigenvalue weighted by Crippen LogP contribution is 2.16. The third kappa shape index (κ3) is 2.33. The molecule has 62 valence electrons. The fraction of sp³-hybridized carbons (Fsp3) is 0.222. The number of benzene rings is 1. The van der Waals surface area contributed by atoms with Crippen LogP contribution >= 0.6 is 15.9 Å². The number of hydrogen-bond acceptors (Lipinski definition) is 2. The molecule has 1 rings (SSSR count). The molecule has 2 N–H and O–H groups in total. The molecule has 3 heteroatoms. The minimum Gasteiger partial charge on any atom is -0.323 e. The van der Waals surface area contributed by atoms with Crippen LogP contribution < -0.4 is 5.73 Å². The Kier molecular flexibility index (Phi) is 3.27. The standard InChI is InChI=1S/C9H9BrN2/c10-8-3-1-7(2-4-8)9(12)5-6-11/h1-4,9H,5,12H2/t9-/m0/s1. The van der Waals surface area contributed by atoms with Gasteiger partial charge in [-0.15, -0.1) is 0 Å². The Bertz CT molecular complexity index is 286. The van der Waals surface area contributed by atoms with Crippen LogP contribution in [0.5, 0.6) is 0 Å². The summed E-state index contributed by atoms with van der Waals surface area (Å²) in [6, 6.07) is 9.57. The molecule has 0 aliphatic rings. The van der Waals surface area contributed by atoms with Gasteiger partial charge in [0.15, 0.2) is 0 Å². The van der Waals surface area contributed by atoms with E-state index in [0.29, 0.717) is 6.42 Å². The largest absolute Gasteiger partial charge is 0.323 e. The SMILES string of the molecule is N#CC[C@H](N)c1ccc(Br)cc1. The molecular formula is C9H9BrN2. The molecule has 1 aromatic rings. The molecule has 1 atom stereocenters. The summed E-state index contributed by atoms with van der Waals surface area (Å²) in [5, 5.41) is 8.41. The van der Waals surface area contributed by atoms with Crippen molar-refractivity contribution >= 4 is 15.9 Å². The van der Waals surface area contributed by atoms with Crippen LogP contribution in [0, 0.1) is 11.3 Å². The van der Waals surface area contributed by atoms with Crippen molar-refractivity contribution in [3.8, 4) is 6.07 Å². The van der Waals surface area contributed by atoms with E-state index >= 15 is 0 Å². The predicted octanol–water partition coefficient (Wildman–Crippen LogP) is 2.36. The van der Waals surface area contributed by atoms with Gasteiger partial charge >= 0.3 is 0 Å². The van der Waals surface area contributed by atoms with Crippen molar-refractivity contribution in [2.24, 2.45) is 5.73 Å². The van der Waals surface area contributed by atoms with E-state index in [0.717, 1.165) is 10.0 Å².